The van der Waals surface area contributed by atoms with E-state index in [-0.39, 0.29) is 11.6 Å². The van der Waals surface area contributed by atoms with Gasteiger partial charge in [-0.1, -0.05) is 11.8 Å². The molecule has 2 aliphatic heterocycles. The van der Waals surface area contributed by atoms with E-state index in [1.165, 1.54) is 23.9 Å². The van der Waals surface area contributed by atoms with Gasteiger partial charge in [-0.3, -0.25) is 14.9 Å². The highest BCUT2D eigenvalue weighted by molar-refractivity contribution is 8.00. The number of methoxy groups -OCH3 is 2. The standard InChI is InChI=1S/C18H15ClN2O5S/c1-25-13-7-10-9-20-17(22)16(19)18(20,27-15(10)8-14(13)26-2)11-3-5-12(6-4-11)21(23)24/h3-8,16H,9H2,1-2H3/t16-,18+/m1/s1. The van der Waals surface area contributed by atoms with Crippen molar-refractivity contribution < 1.29 is 19.2 Å². The van der Waals surface area contributed by atoms with E-state index in [9.17, 15) is 14.9 Å². The van der Waals surface area contributed by atoms with Gasteiger partial charge in [0.25, 0.3) is 5.69 Å². The molecule has 1 amide bonds. The van der Waals surface area contributed by atoms with Crippen LogP contribution in [-0.4, -0.2) is 35.3 Å². The monoisotopic (exact) mass is 406 g/mol. The fourth-order valence-electron chi connectivity index (χ4n) is 3.48. The Morgan fingerprint density at radius 2 is 1.85 bits per heavy atom. The molecule has 2 aromatic carbocycles. The van der Waals surface area contributed by atoms with Gasteiger partial charge in [-0.15, -0.1) is 11.6 Å². The second kappa shape index (κ2) is 6.31. The number of fused-ring (bicyclic) bond motifs is 2. The number of rotatable bonds is 4. The molecule has 4 rings (SSSR count). The Morgan fingerprint density at radius 1 is 1.22 bits per heavy atom. The van der Waals surface area contributed by atoms with Crippen molar-refractivity contribution in [3.63, 3.8) is 0 Å². The summed E-state index contributed by atoms with van der Waals surface area (Å²) in [7, 11) is 3.12. The summed E-state index contributed by atoms with van der Waals surface area (Å²) in [5.74, 6) is 1.02. The number of nitro groups is 1. The molecule has 27 heavy (non-hydrogen) atoms. The zero-order valence-corrected chi connectivity index (χ0v) is 16.0. The van der Waals surface area contributed by atoms with E-state index in [0.717, 1.165) is 16.0 Å². The predicted molar refractivity (Wildman–Crippen MR) is 100 cm³/mol. The van der Waals surface area contributed by atoms with E-state index in [1.54, 1.807) is 31.3 Å². The molecule has 2 heterocycles. The maximum absolute atomic E-state index is 12.5. The number of carbonyl (C=O) groups excluding carboxylic acids is 1. The first-order valence-electron chi connectivity index (χ1n) is 8.06. The number of β-lactam (4-membered cyclic amide) rings is 1. The molecule has 0 aromatic heterocycles. The maximum Gasteiger partial charge on any atom is 0.269 e. The van der Waals surface area contributed by atoms with Gasteiger partial charge in [-0.2, -0.15) is 0 Å². The highest BCUT2D eigenvalue weighted by Crippen LogP contribution is 2.60. The summed E-state index contributed by atoms with van der Waals surface area (Å²) in [4.78, 5) is 24.8. The van der Waals surface area contributed by atoms with Crippen LogP contribution >= 0.6 is 23.4 Å². The van der Waals surface area contributed by atoms with Crippen molar-refractivity contribution in [1.29, 1.82) is 0 Å². The lowest BCUT2D eigenvalue weighted by atomic mass is 9.90. The fraction of sp³-hybridized carbons (Fsp3) is 0.278. The van der Waals surface area contributed by atoms with E-state index in [0.29, 0.717) is 18.0 Å². The Morgan fingerprint density at radius 3 is 2.44 bits per heavy atom. The van der Waals surface area contributed by atoms with Gasteiger partial charge in [0, 0.05) is 23.6 Å². The van der Waals surface area contributed by atoms with Crippen LogP contribution < -0.4 is 9.47 Å². The first kappa shape index (κ1) is 17.9. The summed E-state index contributed by atoms with van der Waals surface area (Å²) >= 11 is 7.91. The molecule has 0 saturated carbocycles. The van der Waals surface area contributed by atoms with Crippen molar-refractivity contribution in [2.45, 2.75) is 21.7 Å². The number of thioether (sulfide) groups is 1. The lowest BCUT2D eigenvalue weighted by Crippen LogP contribution is -2.68. The number of ether oxygens (including phenoxy) is 2. The summed E-state index contributed by atoms with van der Waals surface area (Å²) in [6.07, 6.45) is 0. The Labute approximate surface area is 164 Å². The minimum absolute atomic E-state index is 0.00825. The van der Waals surface area contributed by atoms with Gasteiger partial charge < -0.3 is 14.4 Å². The lowest BCUT2D eigenvalue weighted by Gasteiger charge is -2.57. The van der Waals surface area contributed by atoms with Crippen molar-refractivity contribution >= 4 is 35.0 Å². The minimum atomic E-state index is -0.805. The first-order valence-corrected chi connectivity index (χ1v) is 9.32. The van der Waals surface area contributed by atoms with Gasteiger partial charge in [-0.05, 0) is 35.4 Å². The first-order chi connectivity index (χ1) is 12.9. The average Bonchev–Trinajstić information content (AvgIpc) is 2.70. The van der Waals surface area contributed by atoms with Crippen LogP contribution in [0.3, 0.4) is 0 Å². The molecular formula is C18H15ClN2O5S. The number of benzene rings is 2. The molecule has 2 atom stereocenters. The Bertz CT molecular complexity index is 952. The Kier molecular flexibility index (Phi) is 4.20. The SMILES string of the molecule is COc1cc2c(cc1OC)S[C@@]1(c3ccc([N+](=O)[O-])cc3)[C@H](Cl)C(=O)N1C2. The molecule has 0 unspecified atom stereocenters. The summed E-state index contributed by atoms with van der Waals surface area (Å²) in [5, 5.41) is 10.2. The largest absolute Gasteiger partial charge is 0.493 e. The van der Waals surface area contributed by atoms with E-state index in [4.69, 9.17) is 21.1 Å². The van der Waals surface area contributed by atoms with Crippen LogP contribution in [0.2, 0.25) is 0 Å². The van der Waals surface area contributed by atoms with Crippen LogP contribution in [0, 0.1) is 10.1 Å². The molecule has 0 N–H and O–H groups in total. The average molecular weight is 407 g/mol. The summed E-state index contributed by atoms with van der Waals surface area (Å²) in [5.41, 5.74) is 1.68. The predicted octanol–water partition coefficient (Wildman–Crippen LogP) is 3.52. The van der Waals surface area contributed by atoms with Gasteiger partial charge in [0.2, 0.25) is 5.91 Å². The summed E-state index contributed by atoms with van der Waals surface area (Å²) < 4.78 is 10.7. The summed E-state index contributed by atoms with van der Waals surface area (Å²) in [6, 6.07) is 9.90. The third kappa shape index (κ3) is 2.47. The molecule has 140 valence electrons. The topological polar surface area (TPSA) is 81.9 Å². The number of hydrogen-bond donors (Lipinski definition) is 0. The molecule has 0 bridgehead atoms. The normalized spacial score (nSPS) is 23.1. The van der Waals surface area contributed by atoms with Crippen LogP contribution in [0.15, 0.2) is 41.3 Å². The van der Waals surface area contributed by atoms with Crippen molar-refractivity contribution in [2.75, 3.05) is 14.2 Å². The molecule has 7 nitrogen and oxygen atoms in total. The van der Waals surface area contributed by atoms with Crippen LogP contribution in [0.5, 0.6) is 11.5 Å². The Hall–Kier alpha value is -2.45. The zero-order chi connectivity index (χ0) is 19.3. The van der Waals surface area contributed by atoms with Crippen LogP contribution in [0.4, 0.5) is 5.69 Å². The van der Waals surface area contributed by atoms with Crippen LogP contribution in [0.25, 0.3) is 0 Å². The molecule has 2 aliphatic rings. The molecule has 0 aliphatic carbocycles. The highest BCUT2D eigenvalue weighted by Gasteiger charge is 2.63. The number of non-ortho nitro benzene ring substituents is 1. The number of hydrogen-bond acceptors (Lipinski definition) is 6. The molecule has 0 radical (unpaired) electrons. The molecular weight excluding hydrogens is 392 g/mol. The third-order valence-electron chi connectivity index (χ3n) is 4.88. The van der Waals surface area contributed by atoms with Crippen molar-refractivity contribution in [2.24, 2.45) is 0 Å². The third-order valence-corrected chi connectivity index (χ3v) is 7.11. The van der Waals surface area contributed by atoms with Crippen molar-refractivity contribution in [1.82, 2.24) is 4.90 Å². The smallest absolute Gasteiger partial charge is 0.269 e. The van der Waals surface area contributed by atoms with E-state index in [2.05, 4.69) is 0 Å². The maximum atomic E-state index is 12.5. The molecule has 1 fully saturated rings. The Balaban J connectivity index is 1.80. The quantitative estimate of drug-likeness (QED) is 0.334. The van der Waals surface area contributed by atoms with E-state index in [1.807, 2.05) is 12.1 Å². The number of carbonyl (C=O) groups is 1. The molecule has 1 saturated heterocycles. The second-order valence-electron chi connectivity index (χ2n) is 6.20. The number of halogens is 1. The number of nitro benzene ring substituents is 1. The minimum Gasteiger partial charge on any atom is -0.493 e. The van der Waals surface area contributed by atoms with E-state index >= 15 is 0 Å². The van der Waals surface area contributed by atoms with Gasteiger partial charge in [0.05, 0.1) is 19.1 Å². The fourth-order valence-corrected chi connectivity index (χ4v) is 5.46. The molecule has 2 aromatic rings. The number of alkyl halides is 1. The van der Waals surface area contributed by atoms with Gasteiger partial charge in [0.15, 0.2) is 11.5 Å². The van der Waals surface area contributed by atoms with Gasteiger partial charge >= 0.3 is 0 Å². The highest BCUT2D eigenvalue weighted by atomic mass is 35.5. The number of nitrogens with zero attached hydrogens (tertiary/aromatic N) is 2. The van der Waals surface area contributed by atoms with Gasteiger partial charge in [-0.25, -0.2) is 0 Å². The van der Waals surface area contributed by atoms with Crippen molar-refractivity contribution in [3.8, 4) is 11.5 Å². The number of amides is 1. The molecule has 0 spiro atoms. The lowest BCUT2D eigenvalue weighted by molar-refractivity contribution is -0.384. The zero-order valence-electron chi connectivity index (χ0n) is 14.5. The molecule has 9 heteroatoms. The van der Waals surface area contributed by atoms with Crippen molar-refractivity contribution in [3.05, 3.63) is 57.6 Å². The van der Waals surface area contributed by atoms with Gasteiger partial charge in [0.1, 0.15) is 10.2 Å². The van der Waals surface area contributed by atoms with Crippen LogP contribution in [-0.2, 0) is 16.2 Å². The van der Waals surface area contributed by atoms with Crippen LogP contribution in [0.1, 0.15) is 11.1 Å². The summed E-state index contributed by atoms with van der Waals surface area (Å²) in [6.45, 7) is 0.377. The second-order valence-corrected chi connectivity index (χ2v) is 7.91. The van der Waals surface area contributed by atoms with E-state index < -0.39 is 15.2 Å².